The van der Waals surface area contributed by atoms with Gasteiger partial charge in [0.05, 0.1) is 6.33 Å². The molecular weight excluding hydrogens is 300 g/mol. The number of aromatic nitrogens is 5. The second kappa shape index (κ2) is 4.16. The van der Waals surface area contributed by atoms with E-state index in [0.29, 0.717) is 11.0 Å². The van der Waals surface area contributed by atoms with Crippen molar-refractivity contribution < 1.29 is 0 Å². The summed E-state index contributed by atoms with van der Waals surface area (Å²) in [5.74, 6) is 2.27. The minimum atomic E-state index is 0.283. The summed E-state index contributed by atoms with van der Waals surface area (Å²) >= 11 is 5.75. The lowest BCUT2D eigenvalue weighted by Crippen LogP contribution is -2.59. The molecule has 3 aliphatic carbocycles. The third-order valence-corrected chi connectivity index (χ3v) is 5.00. The molecule has 3 aromatic heterocycles. The summed E-state index contributed by atoms with van der Waals surface area (Å²) in [7, 11) is 0. The number of rotatable bonds is 3. The van der Waals surface area contributed by atoms with Crippen LogP contribution in [0.1, 0.15) is 19.3 Å². The standard InChI is InChI=1S/C15H13ClN6/c16-11-2-4-13(21-20-11)18-12-3-1-10-14(19-12)22(8-17-10)15-5-9(6-15)7-15/h1-4,8-9H,5-7H2,(H,18,19,21). The Morgan fingerprint density at radius 2 is 1.91 bits per heavy atom. The highest BCUT2D eigenvalue weighted by atomic mass is 35.5. The third-order valence-electron chi connectivity index (χ3n) is 4.80. The van der Waals surface area contributed by atoms with Gasteiger partial charge in [-0.15, -0.1) is 10.2 Å². The number of hydrogen-bond donors (Lipinski definition) is 1. The maximum atomic E-state index is 5.75. The fraction of sp³-hybridized carbons (Fsp3) is 0.333. The number of nitrogens with one attached hydrogen (secondary N) is 1. The molecule has 0 saturated heterocycles. The van der Waals surface area contributed by atoms with Gasteiger partial charge in [0.15, 0.2) is 16.6 Å². The summed E-state index contributed by atoms with van der Waals surface area (Å²) in [6, 6.07) is 7.36. The molecule has 7 heteroatoms. The molecule has 3 aliphatic rings. The SMILES string of the molecule is Clc1ccc(Nc2ccc3ncn(C45CC(C4)C5)c3n2)nn1. The molecule has 6 rings (SSSR count). The first-order valence-electron chi connectivity index (χ1n) is 7.33. The lowest BCUT2D eigenvalue weighted by molar-refractivity contribution is -0.0862. The van der Waals surface area contributed by atoms with E-state index in [-0.39, 0.29) is 5.54 Å². The fourth-order valence-electron chi connectivity index (χ4n) is 3.55. The Kier molecular flexibility index (Phi) is 2.34. The van der Waals surface area contributed by atoms with E-state index in [2.05, 4.69) is 25.1 Å². The molecule has 0 spiro atoms. The van der Waals surface area contributed by atoms with E-state index < -0.39 is 0 Å². The van der Waals surface area contributed by atoms with E-state index >= 15 is 0 Å². The zero-order valence-electron chi connectivity index (χ0n) is 11.7. The van der Waals surface area contributed by atoms with Gasteiger partial charge in [0.2, 0.25) is 0 Å². The molecule has 3 fully saturated rings. The van der Waals surface area contributed by atoms with Gasteiger partial charge in [0.1, 0.15) is 11.3 Å². The highest BCUT2D eigenvalue weighted by Crippen LogP contribution is 2.62. The molecule has 3 aromatic rings. The molecule has 0 radical (unpaired) electrons. The predicted molar refractivity (Wildman–Crippen MR) is 83.2 cm³/mol. The van der Waals surface area contributed by atoms with E-state index in [1.807, 2.05) is 18.5 Å². The van der Waals surface area contributed by atoms with E-state index in [4.69, 9.17) is 16.6 Å². The van der Waals surface area contributed by atoms with Crippen LogP contribution in [-0.2, 0) is 5.54 Å². The first kappa shape index (κ1) is 12.3. The maximum absolute atomic E-state index is 5.75. The Balaban J connectivity index is 1.52. The summed E-state index contributed by atoms with van der Waals surface area (Å²) in [4.78, 5) is 9.19. The maximum Gasteiger partial charge on any atom is 0.162 e. The minimum Gasteiger partial charge on any atom is -0.323 e. The van der Waals surface area contributed by atoms with Crippen molar-refractivity contribution in [2.75, 3.05) is 5.32 Å². The van der Waals surface area contributed by atoms with Crippen molar-refractivity contribution in [1.29, 1.82) is 0 Å². The van der Waals surface area contributed by atoms with Gasteiger partial charge in [-0.05, 0) is 49.4 Å². The molecule has 110 valence electrons. The second-order valence-electron chi connectivity index (χ2n) is 6.22. The Morgan fingerprint density at radius 1 is 1.09 bits per heavy atom. The van der Waals surface area contributed by atoms with Crippen LogP contribution in [0.2, 0.25) is 5.15 Å². The lowest BCUT2D eigenvalue weighted by Gasteiger charge is -2.62. The third kappa shape index (κ3) is 1.67. The Hall–Kier alpha value is -2.21. The van der Waals surface area contributed by atoms with E-state index in [1.54, 1.807) is 12.1 Å². The first-order valence-corrected chi connectivity index (χ1v) is 7.71. The van der Waals surface area contributed by atoms with Gasteiger partial charge in [-0.25, -0.2) is 9.97 Å². The van der Waals surface area contributed by atoms with Crippen LogP contribution in [0.3, 0.4) is 0 Å². The molecule has 0 atom stereocenters. The summed E-state index contributed by atoms with van der Waals surface area (Å²) in [5, 5.41) is 11.3. The first-order chi connectivity index (χ1) is 10.7. The van der Waals surface area contributed by atoms with Crippen LogP contribution in [0.4, 0.5) is 11.6 Å². The molecule has 6 nitrogen and oxygen atoms in total. The summed E-state index contributed by atoms with van der Waals surface area (Å²) < 4.78 is 2.25. The van der Waals surface area contributed by atoms with E-state index in [9.17, 15) is 0 Å². The highest BCUT2D eigenvalue weighted by molar-refractivity contribution is 6.29. The van der Waals surface area contributed by atoms with E-state index in [1.165, 1.54) is 19.3 Å². The Morgan fingerprint density at radius 3 is 2.59 bits per heavy atom. The number of anilines is 2. The molecule has 3 heterocycles. The van der Waals surface area contributed by atoms with Gasteiger partial charge >= 0.3 is 0 Å². The molecule has 1 N–H and O–H groups in total. The van der Waals surface area contributed by atoms with Crippen LogP contribution in [0.5, 0.6) is 0 Å². The molecule has 0 unspecified atom stereocenters. The van der Waals surface area contributed by atoms with Gasteiger partial charge < -0.3 is 9.88 Å². The fourth-order valence-corrected chi connectivity index (χ4v) is 3.65. The van der Waals surface area contributed by atoms with Gasteiger partial charge in [0.25, 0.3) is 0 Å². The average molecular weight is 313 g/mol. The van der Waals surface area contributed by atoms with Crippen LogP contribution in [0.15, 0.2) is 30.6 Å². The van der Waals surface area contributed by atoms with Crippen LogP contribution < -0.4 is 5.32 Å². The average Bonchev–Trinajstić information content (AvgIpc) is 2.82. The molecule has 0 aliphatic heterocycles. The van der Waals surface area contributed by atoms with Crippen LogP contribution >= 0.6 is 11.6 Å². The monoisotopic (exact) mass is 312 g/mol. The van der Waals surface area contributed by atoms with Gasteiger partial charge in [0, 0.05) is 5.54 Å². The Bertz CT molecular complexity index is 854. The number of nitrogens with zero attached hydrogens (tertiary/aromatic N) is 5. The quantitative estimate of drug-likeness (QED) is 0.804. The highest BCUT2D eigenvalue weighted by Gasteiger charge is 2.58. The van der Waals surface area contributed by atoms with Crippen molar-refractivity contribution in [2.24, 2.45) is 5.92 Å². The summed E-state index contributed by atoms with van der Waals surface area (Å²) in [5.41, 5.74) is 2.15. The van der Waals surface area contributed by atoms with Crippen molar-refractivity contribution in [3.63, 3.8) is 0 Å². The summed E-state index contributed by atoms with van der Waals surface area (Å²) in [6.45, 7) is 0. The number of imidazole rings is 1. The van der Waals surface area contributed by atoms with Crippen molar-refractivity contribution in [3.05, 3.63) is 35.7 Å². The van der Waals surface area contributed by atoms with Gasteiger partial charge in [-0.1, -0.05) is 11.6 Å². The number of halogens is 1. The smallest absolute Gasteiger partial charge is 0.162 e. The number of pyridine rings is 1. The molecule has 3 saturated carbocycles. The largest absolute Gasteiger partial charge is 0.323 e. The van der Waals surface area contributed by atoms with Crippen molar-refractivity contribution >= 4 is 34.4 Å². The second-order valence-corrected chi connectivity index (χ2v) is 6.61. The minimum absolute atomic E-state index is 0.283. The molecule has 0 amide bonds. The topological polar surface area (TPSA) is 68.5 Å². The number of hydrogen-bond acceptors (Lipinski definition) is 5. The molecule has 22 heavy (non-hydrogen) atoms. The molecular formula is C15H13ClN6. The number of fused-ring (bicyclic) bond motifs is 1. The van der Waals surface area contributed by atoms with Crippen molar-refractivity contribution in [1.82, 2.24) is 24.7 Å². The zero-order valence-corrected chi connectivity index (χ0v) is 12.5. The normalized spacial score (nSPS) is 25.6. The van der Waals surface area contributed by atoms with Crippen molar-refractivity contribution in [3.8, 4) is 0 Å². The van der Waals surface area contributed by atoms with Gasteiger partial charge in [-0.3, -0.25) is 0 Å². The zero-order chi connectivity index (χ0) is 14.7. The van der Waals surface area contributed by atoms with Crippen LogP contribution in [0.25, 0.3) is 11.2 Å². The van der Waals surface area contributed by atoms with Gasteiger partial charge in [-0.2, -0.15) is 0 Å². The van der Waals surface area contributed by atoms with E-state index in [0.717, 1.165) is 22.9 Å². The van der Waals surface area contributed by atoms with Crippen LogP contribution in [0, 0.1) is 5.92 Å². The predicted octanol–water partition coefficient (Wildman–Crippen LogP) is 3.13. The lowest BCUT2D eigenvalue weighted by atomic mass is 9.50. The van der Waals surface area contributed by atoms with Crippen LogP contribution in [-0.4, -0.2) is 24.7 Å². The molecule has 2 bridgehead atoms. The molecule has 0 aromatic carbocycles. The van der Waals surface area contributed by atoms with Crippen molar-refractivity contribution in [2.45, 2.75) is 24.8 Å². The summed E-state index contributed by atoms with van der Waals surface area (Å²) in [6.07, 6.45) is 5.72. The Labute approximate surface area is 131 Å².